The summed E-state index contributed by atoms with van der Waals surface area (Å²) in [6.07, 6.45) is 5.15. The minimum Gasteiger partial charge on any atom is -0.276 e. The van der Waals surface area contributed by atoms with Crippen LogP contribution < -0.4 is 0 Å². The molecule has 2 aromatic rings. The molecule has 1 aromatic heterocycles. The number of aromatic nitrogens is 2. The lowest BCUT2D eigenvalue weighted by molar-refractivity contribution is 0.0914. The smallest absolute Gasteiger partial charge is 0.236 e. The largest absolute Gasteiger partial charge is 0.276 e. The molecule has 0 atom stereocenters. The number of carbonyl (C=O) groups is 1. The van der Waals surface area contributed by atoms with E-state index < -0.39 is 0 Å². The topological polar surface area (TPSA) is 34.9 Å². The van der Waals surface area contributed by atoms with Gasteiger partial charge in [-0.3, -0.25) is 9.36 Å². The highest BCUT2D eigenvalue weighted by Gasteiger charge is 2.05. The molecule has 0 spiro atoms. The van der Waals surface area contributed by atoms with Crippen LogP contribution in [0, 0.1) is 0 Å². The van der Waals surface area contributed by atoms with Crippen LogP contribution in [-0.2, 0) is 6.42 Å². The predicted molar refractivity (Wildman–Crippen MR) is 60.7 cm³/mol. The Morgan fingerprint density at radius 3 is 3.00 bits per heavy atom. The number of carbonyl (C=O) groups excluding carboxylic acids is 1. The molecular formula is C11H9BrN2O. The van der Waals surface area contributed by atoms with E-state index in [9.17, 15) is 4.79 Å². The summed E-state index contributed by atoms with van der Waals surface area (Å²) in [5, 5.41) is 0. The zero-order valence-electron chi connectivity index (χ0n) is 7.93. The van der Waals surface area contributed by atoms with Crippen molar-refractivity contribution in [3.8, 4) is 0 Å². The molecule has 0 bridgehead atoms. The molecular weight excluding hydrogens is 256 g/mol. The van der Waals surface area contributed by atoms with Gasteiger partial charge in [0.05, 0.1) is 6.42 Å². The molecule has 0 aliphatic heterocycles. The second-order valence-electron chi connectivity index (χ2n) is 3.17. The van der Waals surface area contributed by atoms with Crippen LogP contribution in [0.15, 0.2) is 47.5 Å². The number of hydrogen-bond acceptors (Lipinski definition) is 2. The summed E-state index contributed by atoms with van der Waals surface area (Å²) >= 11 is 3.37. The second-order valence-corrected chi connectivity index (χ2v) is 4.09. The molecule has 0 amide bonds. The summed E-state index contributed by atoms with van der Waals surface area (Å²) in [7, 11) is 0. The molecule has 0 unspecified atom stereocenters. The minimum atomic E-state index is 0.0191. The first-order chi connectivity index (χ1) is 7.25. The molecule has 4 heteroatoms. The van der Waals surface area contributed by atoms with Gasteiger partial charge in [0.25, 0.3) is 0 Å². The molecule has 2 rings (SSSR count). The van der Waals surface area contributed by atoms with Gasteiger partial charge in [0, 0.05) is 16.9 Å². The minimum absolute atomic E-state index is 0.0191. The van der Waals surface area contributed by atoms with Crippen molar-refractivity contribution in [2.45, 2.75) is 6.42 Å². The molecule has 1 aromatic carbocycles. The van der Waals surface area contributed by atoms with Gasteiger partial charge in [-0.05, 0) is 17.7 Å². The fourth-order valence-corrected chi connectivity index (χ4v) is 1.77. The summed E-state index contributed by atoms with van der Waals surface area (Å²) in [5.74, 6) is 0.0191. The Labute approximate surface area is 95.9 Å². The lowest BCUT2D eigenvalue weighted by atomic mass is 10.1. The molecule has 3 nitrogen and oxygen atoms in total. The van der Waals surface area contributed by atoms with E-state index in [2.05, 4.69) is 20.9 Å². The monoisotopic (exact) mass is 264 g/mol. The number of hydrogen-bond donors (Lipinski definition) is 0. The van der Waals surface area contributed by atoms with Gasteiger partial charge in [-0.15, -0.1) is 0 Å². The van der Waals surface area contributed by atoms with E-state index in [1.54, 1.807) is 12.4 Å². The summed E-state index contributed by atoms with van der Waals surface area (Å²) in [6, 6.07) is 7.72. The third-order valence-corrected chi connectivity index (χ3v) is 2.53. The molecule has 0 aliphatic rings. The van der Waals surface area contributed by atoms with Crippen LogP contribution in [0.4, 0.5) is 0 Å². The number of imidazole rings is 1. The molecule has 0 saturated carbocycles. The van der Waals surface area contributed by atoms with Gasteiger partial charge in [0.2, 0.25) is 5.91 Å². The molecule has 0 aliphatic carbocycles. The summed E-state index contributed by atoms with van der Waals surface area (Å²) in [5.41, 5.74) is 0.989. The molecule has 1 heterocycles. The van der Waals surface area contributed by atoms with E-state index in [-0.39, 0.29) is 5.91 Å². The fourth-order valence-electron chi connectivity index (χ4n) is 1.32. The predicted octanol–water partition coefficient (Wildman–Crippen LogP) is 2.53. The Morgan fingerprint density at radius 2 is 2.33 bits per heavy atom. The summed E-state index contributed by atoms with van der Waals surface area (Å²) in [6.45, 7) is 0. The SMILES string of the molecule is O=C(Cc1cccc(Br)c1)n1ccnc1. The number of rotatable bonds is 2. The average Bonchev–Trinajstić information content (AvgIpc) is 2.70. The van der Waals surface area contributed by atoms with Crippen molar-refractivity contribution in [1.82, 2.24) is 9.55 Å². The van der Waals surface area contributed by atoms with Crippen molar-refractivity contribution in [3.05, 3.63) is 53.0 Å². The third kappa shape index (κ3) is 2.53. The van der Waals surface area contributed by atoms with E-state index in [1.807, 2.05) is 24.3 Å². The lowest BCUT2D eigenvalue weighted by Gasteiger charge is -2.01. The van der Waals surface area contributed by atoms with Crippen molar-refractivity contribution in [2.24, 2.45) is 0 Å². The van der Waals surface area contributed by atoms with Gasteiger partial charge in [-0.25, -0.2) is 4.98 Å². The van der Waals surface area contributed by atoms with Gasteiger partial charge in [-0.2, -0.15) is 0 Å². The van der Waals surface area contributed by atoms with E-state index >= 15 is 0 Å². The van der Waals surface area contributed by atoms with E-state index in [0.717, 1.165) is 10.0 Å². The third-order valence-electron chi connectivity index (χ3n) is 2.04. The molecule has 76 valence electrons. The number of halogens is 1. The molecule has 0 saturated heterocycles. The lowest BCUT2D eigenvalue weighted by Crippen LogP contribution is -2.11. The van der Waals surface area contributed by atoms with Gasteiger partial charge in [0.15, 0.2) is 0 Å². The van der Waals surface area contributed by atoms with Crippen LogP contribution in [0.1, 0.15) is 10.4 Å². The van der Waals surface area contributed by atoms with Crippen LogP contribution in [0.25, 0.3) is 0 Å². The standard InChI is InChI=1S/C11H9BrN2O/c12-10-3-1-2-9(6-10)7-11(15)14-5-4-13-8-14/h1-6,8H,7H2. The van der Waals surface area contributed by atoms with Gasteiger partial charge in [-0.1, -0.05) is 28.1 Å². The van der Waals surface area contributed by atoms with Crippen molar-refractivity contribution >= 4 is 21.8 Å². The van der Waals surface area contributed by atoms with Gasteiger partial charge >= 0.3 is 0 Å². The Bertz CT molecular complexity index is 465. The average molecular weight is 265 g/mol. The first kappa shape index (κ1) is 10.1. The van der Waals surface area contributed by atoms with Crippen LogP contribution in [0.3, 0.4) is 0 Å². The maximum atomic E-state index is 11.7. The number of benzene rings is 1. The number of nitrogens with zero attached hydrogens (tertiary/aromatic N) is 2. The molecule has 0 N–H and O–H groups in total. The molecule has 0 radical (unpaired) electrons. The van der Waals surface area contributed by atoms with Gasteiger partial charge in [0.1, 0.15) is 6.33 Å². The quantitative estimate of drug-likeness (QED) is 0.836. The van der Waals surface area contributed by atoms with Crippen molar-refractivity contribution in [3.63, 3.8) is 0 Å². The van der Waals surface area contributed by atoms with Crippen LogP contribution in [-0.4, -0.2) is 15.5 Å². The Kier molecular flexibility index (Phi) is 2.97. The highest BCUT2D eigenvalue weighted by atomic mass is 79.9. The fraction of sp³-hybridized carbons (Fsp3) is 0.0909. The van der Waals surface area contributed by atoms with Crippen molar-refractivity contribution in [1.29, 1.82) is 0 Å². The maximum Gasteiger partial charge on any atom is 0.236 e. The zero-order valence-corrected chi connectivity index (χ0v) is 9.52. The molecule has 0 fully saturated rings. The Morgan fingerprint density at radius 1 is 1.47 bits per heavy atom. The summed E-state index contributed by atoms with van der Waals surface area (Å²) in [4.78, 5) is 15.5. The first-order valence-electron chi connectivity index (χ1n) is 4.51. The van der Waals surface area contributed by atoms with Crippen LogP contribution in [0.2, 0.25) is 0 Å². The van der Waals surface area contributed by atoms with E-state index in [1.165, 1.54) is 10.9 Å². The maximum absolute atomic E-state index is 11.7. The highest BCUT2D eigenvalue weighted by Crippen LogP contribution is 2.12. The summed E-state index contributed by atoms with van der Waals surface area (Å²) < 4.78 is 2.47. The van der Waals surface area contributed by atoms with E-state index in [4.69, 9.17) is 0 Å². The van der Waals surface area contributed by atoms with Crippen molar-refractivity contribution < 1.29 is 4.79 Å². The van der Waals surface area contributed by atoms with Crippen LogP contribution >= 0.6 is 15.9 Å². The van der Waals surface area contributed by atoms with Crippen LogP contribution in [0.5, 0.6) is 0 Å². The van der Waals surface area contributed by atoms with E-state index in [0.29, 0.717) is 6.42 Å². The molecule has 15 heavy (non-hydrogen) atoms. The first-order valence-corrected chi connectivity index (χ1v) is 5.30. The highest BCUT2D eigenvalue weighted by molar-refractivity contribution is 9.10. The normalized spacial score (nSPS) is 10.2. The Hall–Kier alpha value is -1.42. The second kappa shape index (κ2) is 4.40. The van der Waals surface area contributed by atoms with Crippen molar-refractivity contribution in [2.75, 3.05) is 0 Å². The zero-order chi connectivity index (χ0) is 10.7. The van der Waals surface area contributed by atoms with Gasteiger partial charge < -0.3 is 0 Å². The Balaban J connectivity index is 2.13.